The number of carboxylic acid groups (broad SMARTS) is 2. The van der Waals surface area contributed by atoms with E-state index in [0.717, 1.165) is 0 Å². The molecule has 166 valence electrons. The molecule has 1 amide bonds. The van der Waals surface area contributed by atoms with Crippen molar-refractivity contribution in [1.29, 1.82) is 0 Å². The maximum absolute atomic E-state index is 12.5. The summed E-state index contributed by atoms with van der Waals surface area (Å²) in [5, 5.41) is 22.2. The molecule has 0 saturated heterocycles. The number of nitrogens with zero attached hydrogens (tertiary/aromatic N) is 1. The number of amides is 1. The van der Waals surface area contributed by atoms with Crippen molar-refractivity contribution in [1.82, 2.24) is 5.32 Å². The van der Waals surface area contributed by atoms with Crippen LogP contribution in [0.15, 0.2) is 53.5 Å². The van der Waals surface area contributed by atoms with Gasteiger partial charge in [0.05, 0.1) is 23.9 Å². The number of benzene rings is 2. The average molecular weight is 456 g/mol. The molecule has 32 heavy (non-hydrogen) atoms. The Kier molecular flexibility index (Phi) is 9.22. The first-order valence-corrected chi connectivity index (χ1v) is 9.90. The molecule has 0 aromatic heterocycles. The molecule has 0 fully saturated rings. The van der Waals surface area contributed by atoms with Crippen molar-refractivity contribution in [3.8, 4) is 5.75 Å². The topological polar surface area (TPSA) is 142 Å². The number of carbonyl (C=O) groups is 4. The summed E-state index contributed by atoms with van der Waals surface area (Å²) in [4.78, 5) is 49.9. The van der Waals surface area contributed by atoms with Crippen LogP contribution in [0, 0.1) is 0 Å². The Morgan fingerprint density at radius 2 is 1.56 bits per heavy atom. The van der Waals surface area contributed by atoms with Crippen LogP contribution < -0.4 is 10.1 Å². The van der Waals surface area contributed by atoms with E-state index in [4.69, 9.17) is 14.9 Å². The third-order valence-corrected chi connectivity index (χ3v) is 4.39. The molecular weight excluding hydrogens is 436 g/mol. The molecule has 0 aliphatic rings. The van der Waals surface area contributed by atoms with E-state index < -0.39 is 23.9 Å². The quantitative estimate of drug-likeness (QED) is 0.251. The number of hydrogen-bond donors (Lipinski definition) is 3. The minimum atomic E-state index is -1.30. The van der Waals surface area contributed by atoms with E-state index in [-0.39, 0.29) is 31.7 Å². The highest BCUT2D eigenvalue weighted by molar-refractivity contribution is 7.78. The van der Waals surface area contributed by atoms with Crippen molar-refractivity contribution in [2.24, 2.45) is 4.99 Å². The molecular formula is C22H20N2O7S. The fourth-order valence-corrected chi connectivity index (χ4v) is 2.77. The number of aliphatic imine (C=N–C) groups is 1. The minimum absolute atomic E-state index is 0.0216. The van der Waals surface area contributed by atoms with Gasteiger partial charge in [-0.2, -0.15) is 4.99 Å². The lowest BCUT2D eigenvalue weighted by Crippen LogP contribution is -2.41. The van der Waals surface area contributed by atoms with Gasteiger partial charge in [0.25, 0.3) is 0 Å². The summed E-state index contributed by atoms with van der Waals surface area (Å²) in [6, 6.07) is 11.7. The Labute approximate surface area is 188 Å². The van der Waals surface area contributed by atoms with Gasteiger partial charge in [-0.15, -0.1) is 0 Å². The Hall–Kier alpha value is -3.88. The van der Waals surface area contributed by atoms with Gasteiger partial charge in [0, 0.05) is 17.5 Å². The molecule has 9 nitrogen and oxygen atoms in total. The summed E-state index contributed by atoms with van der Waals surface area (Å²) in [6.07, 6.45) is -0.701. The lowest BCUT2D eigenvalue weighted by Gasteiger charge is -2.13. The van der Waals surface area contributed by atoms with Crippen LogP contribution in [0.25, 0.3) is 0 Å². The molecule has 0 bridgehead atoms. The largest absolute Gasteiger partial charge is 0.493 e. The van der Waals surface area contributed by atoms with E-state index in [2.05, 4.69) is 27.7 Å². The minimum Gasteiger partial charge on any atom is -0.493 e. The van der Waals surface area contributed by atoms with Gasteiger partial charge < -0.3 is 20.3 Å². The van der Waals surface area contributed by atoms with Crippen LogP contribution in [0.5, 0.6) is 5.75 Å². The first-order valence-electron chi connectivity index (χ1n) is 9.49. The highest BCUT2D eigenvalue weighted by Crippen LogP contribution is 2.18. The second-order valence-corrected chi connectivity index (χ2v) is 6.78. The zero-order chi connectivity index (χ0) is 23.5. The molecule has 2 rings (SSSR count). The monoisotopic (exact) mass is 456 g/mol. The standard InChI is InChI=1S/C22H20N2O7S/c25-19(24-18(22(29)30)9-10-20(26)27)11-12-31-17-7-3-15(4-8-17)21(28)14-1-5-16(6-2-14)23-13-32/h1-8,18H,9-12H2,(H,24,25)(H,26,27)(H,29,30). The Bertz CT molecular complexity index is 1030. The van der Waals surface area contributed by atoms with Gasteiger partial charge in [-0.25, -0.2) is 4.79 Å². The van der Waals surface area contributed by atoms with Gasteiger partial charge in [0.1, 0.15) is 11.8 Å². The van der Waals surface area contributed by atoms with Gasteiger partial charge in [-0.05, 0) is 67.2 Å². The first-order chi connectivity index (χ1) is 15.3. The molecule has 3 N–H and O–H groups in total. The predicted octanol–water partition coefficient (Wildman–Crippen LogP) is 2.86. The molecule has 1 unspecified atom stereocenters. The number of carboxylic acids is 2. The second kappa shape index (κ2) is 12.1. The molecule has 0 heterocycles. The van der Waals surface area contributed by atoms with Gasteiger partial charge >= 0.3 is 11.9 Å². The molecule has 0 spiro atoms. The van der Waals surface area contributed by atoms with Crippen molar-refractivity contribution >= 4 is 46.7 Å². The van der Waals surface area contributed by atoms with Gasteiger partial charge in [0.15, 0.2) is 5.78 Å². The zero-order valence-electron chi connectivity index (χ0n) is 16.8. The summed E-state index contributed by atoms with van der Waals surface area (Å²) < 4.78 is 5.46. The number of isothiocyanates is 1. The summed E-state index contributed by atoms with van der Waals surface area (Å²) in [7, 11) is 0. The number of hydrogen-bond acceptors (Lipinski definition) is 7. The SMILES string of the molecule is O=C(O)CCC(NC(=O)CCOc1ccc(C(=O)c2ccc(N=C=S)cc2)cc1)C(=O)O. The average Bonchev–Trinajstić information content (AvgIpc) is 2.77. The van der Waals surface area contributed by atoms with Crippen molar-refractivity contribution in [2.45, 2.75) is 25.3 Å². The van der Waals surface area contributed by atoms with E-state index in [0.29, 0.717) is 22.6 Å². The summed E-state index contributed by atoms with van der Waals surface area (Å²) in [5.41, 5.74) is 1.53. The normalized spacial score (nSPS) is 11.0. The number of carbonyl (C=O) groups excluding carboxylic acids is 2. The molecule has 2 aromatic rings. The third kappa shape index (κ3) is 7.75. The molecule has 0 aliphatic carbocycles. The summed E-state index contributed by atoms with van der Waals surface area (Å²) in [6.45, 7) is -0.0216. The van der Waals surface area contributed by atoms with Crippen LogP contribution in [-0.4, -0.2) is 51.7 Å². The maximum atomic E-state index is 12.5. The molecule has 0 saturated carbocycles. The van der Waals surface area contributed by atoms with Crippen LogP contribution in [0.3, 0.4) is 0 Å². The van der Waals surface area contributed by atoms with Gasteiger partial charge in [-0.3, -0.25) is 14.4 Å². The molecule has 0 aliphatic heterocycles. The van der Waals surface area contributed by atoms with Gasteiger partial charge in [0.2, 0.25) is 5.91 Å². The van der Waals surface area contributed by atoms with Crippen LogP contribution in [-0.2, 0) is 14.4 Å². The Morgan fingerprint density at radius 1 is 0.969 bits per heavy atom. The number of thiocarbonyl (C=S) groups is 1. The molecule has 0 radical (unpaired) electrons. The summed E-state index contributed by atoms with van der Waals surface area (Å²) in [5.74, 6) is -2.78. The zero-order valence-corrected chi connectivity index (χ0v) is 17.6. The third-order valence-electron chi connectivity index (χ3n) is 4.30. The van der Waals surface area contributed by atoms with Crippen LogP contribution in [0.4, 0.5) is 5.69 Å². The lowest BCUT2D eigenvalue weighted by molar-refractivity contribution is -0.143. The van der Waals surface area contributed by atoms with E-state index >= 15 is 0 Å². The van der Waals surface area contributed by atoms with Crippen molar-refractivity contribution in [3.05, 3.63) is 59.7 Å². The van der Waals surface area contributed by atoms with Crippen molar-refractivity contribution in [3.63, 3.8) is 0 Å². The smallest absolute Gasteiger partial charge is 0.326 e. The highest BCUT2D eigenvalue weighted by atomic mass is 32.1. The highest BCUT2D eigenvalue weighted by Gasteiger charge is 2.20. The maximum Gasteiger partial charge on any atom is 0.326 e. The van der Waals surface area contributed by atoms with E-state index in [1.54, 1.807) is 48.5 Å². The van der Waals surface area contributed by atoms with Crippen LogP contribution in [0.1, 0.15) is 35.2 Å². The predicted molar refractivity (Wildman–Crippen MR) is 118 cm³/mol. The first kappa shape index (κ1) is 24.4. The van der Waals surface area contributed by atoms with Crippen LogP contribution >= 0.6 is 12.2 Å². The fraction of sp³-hybridized carbons (Fsp3) is 0.227. The molecule has 10 heteroatoms. The molecule has 1 atom stereocenters. The fourth-order valence-electron chi connectivity index (χ4n) is 2.66. The second-order valence-electron chi connectivity index (χ2n) is 6.59. The van der Waals surface area contributed by atoms with Crippen molar-refractivity contribution < 1.29 is 34.1 Å². The lowest BCUT2D eigenvalue weighted by atomic mass is 10.0. The number of nitrogens with one attached hydrogen (secondary N) is 1. The van der Waals surface area contributed by atoms with Crippen LogP contribution in [0.2, 0.25) is 0 Å². The number of ketones is 1. The van der Waals surface area contributed by atoms with Crippen molar-refractivity contribution in [2.75, 3.05) is 6.61 Å². The number of rotatable bonds is 12. The van der Waals surface area contributed by atoms with E-state index in [1.807, 2.05) is 0 Å². The summed E-state index contributed by atoms with van der Waals surface area (Å²) >= 11 is 4.54. The Morgan fingerprint density at radius 3 is 2.09 bits per heavy atom. The van der Waals surface area contributed by atoms with E-state index in [1.165, 1.54) is 0 Å². The molecule has 2 aromatic carbocycles. The Balaban J connectivity index is 1.85. The van der Waals surface area contributed by atoms with Gasteiger partial charge in [-0.1, -0.05) is 0 Å². The van der Waals surface area contributed by atoms with E-state index in [9.17, 15) is 19.2 Å². The number of ether oxygens (including phenoxy) is 1. The number of aliphatic carboxylic acids is 2.